The van der Waals surface area contributed by atoms with E-state index in [-0.39, 0.29) is 5.97 Å². The molecule has 32 heavy (non-hydrogen) atoms. The Labute approximate surface area is 197 Å². The molecule has 0 aromatic heterocycles. The van der Waals surface area contributed by atoms with Crippen LogP contribution >= 0.6 is 0 Å². The largest absolute Gasteiger partial charge is 0.463 e. The zero-order valence-corrected chi connectivity index (χ0v) is 20.7. The number of esters is 1. The lowest BCUT2D eigenvalue weighted by Crippen LogP contribution is -2.14. The van der Waals surface area contributed by atoms with Crippen LogP contribution in [0.25, 0.3) is 0 Å². The van der Waals surface area contributed by atoms with Crippen LogP contribution in [0.2, 0.25) is 0 Å². The molecule has 0 heterocycles. The van der Waals surface area contributed by atoms with Crippen LogP contribution in [-0.4, -0.2) is 52.2 Å². The fourth-order valence-electron chi connectivity index (χ4n) is 2.86. The number of rotatable bonds is 24. The summed E-state index contributed by atoms with van der Waals surface area (Å²) >= 11 is 0. The molecule has 5 nitrogen and oxygen atoms in total. The summed E-state index contributed by atoms with van der Waals surface area (Å²) in [6.45, 7) is 8.00. The number of ether oxygens (including phenoxy) is 4. The van der Waals surface area contributed by atoms with Crippen molar-refractivity contribution >= 4 is 5.97 Å². The normalized spacial score (nSPS) is 11.9. The Morgan fingerprint density at radius 3 is 1.78 bits per heavy atom. The lowest BCUT2D eigenvalue weighted by atomic mass is 10.1. The van der Waals surface area contributed by atoms with Gasteiger partial charge in [-0.25, -0.2) is 0 Å². The lowest BCUT2D eigenvalue weighted by molar-refractivity contribution is -0.145. The summed E-state index contributed by atoms with van der Waals surface area (Å²) in [5, 5.41) is 0. The molecule has 186 valence electrons. The summed E-state index contributed by atoms with van der Waals surface area (Å²) in [6, 6.07) is 0. The van der Waals surface area contributed by atoms with Crippen molar-refractivity contribution in [1.82, 2.24) is 0 Å². The highest BCUT2D eigenvalue weighted by atomic mass is 16.6. The van der Waals surface area contributed by atoms with E-state index in [1.807, 2.05) is 0 Å². The van der Waals surface area contributed by atoms with Gasteiger partial charge in [0.1, 0.15) is 6.61 Å². The SMILES string of the molecule is CC/C=C\C/C=C\C/C=C\CCCCCCCC(=O)OCCOCCOCCOCCC. The second-order valence-electron chi connectivity index (χ2n) is 7.66. The third-order valence-corrected chi connectivity index (χ3v) is 4.61. The van der Waals surface area contributed by atoms with Crippen molar-refractivity contribution < 1.29 is 23.7 Å². The molecule has 5 heteroatoms. The molecule has 0 aromatic carbocycles. The standard InChI is InChI=1S/C27H48O5/c1-3-5-6-7-8-9-10-11-12-13-14-15-16-17-18-19-27(28)32-26-25-31-24-23-30-22-21-29-20-4-2/h5-6,8-9,11-12H,3-4,7,10,13-26H2,1-2H3/b6-5-,9-8-,12-11-. The van der Waals surface area contributed by atoms with Crippen LogP contribution in [0, 0.1) is 0 Å². The van der Waals surface area contributed by atoms with E-state index < -0.39 is 0 Å². The number of hydrogen-bond donors (Lipinski definition) is 0. The van der Waals surface area contributed by atoms with Gasteiger partial charge < -0.3 is 18.9 Å². The number of allylic oxidation sites excluding steroid dienone is 6. The summed E-state index contributed by atoms with van der Waals surface area (Å²) in [7, 11) is 0. The second kappa shape index (κ2) is 27.6. The molecule has 0 radical (unpaired) electrons. The minimum Gasteiger partial charge on any atom is -0.463 e. The van der Waals surface area contributed by atoms with Gasteiger partial charge in [-0.2, -0.15) is 0 Å². The van der Waals surface area contributed by atoms with Crippen LogP contribution in [0.15, 0.2) is 36.5 Å². The molecule has 0 saturated heterocycles. The van der Waals surface area contributed by atoms with Crippen molar-refractivity contribution in [3.05, 3.63) is 36.5 Å². The molecule has 0 aromatic rings. The molecule has 0 aliphatic heterocycles. The molecule has 0 aliphatic rings. The van der Waals surface area contributed by atoms with Crippen LogP contribution in [0.3, 0.4) is 0 Å². The van der Waals surface area contributed by atoms with Gasteiger partial charge >= 0.3 is 5.97 Å². The molecule has 0 atom stereocenters. The van der Waals surface area contributed by atoms with E-state index >= 15 is 0 Å². The van der Waals surface area contributed by atoms with Crippen LogP contribution in [0.1, 0.15) is 84.5 Å². The van der Waals surface area contributed by atoms with E-state index in [2.05, 4.69) is 50.3 Å². The molecule has 0 bridgehead atoms. The van der Waals surface area contributed by atoms with Gasteiger partial charge in [-0.1, -0.05) is 69.6 Å². The maximum atomic E-state index is 11.7. The van der Waals surface area contributed by atoms with Gasteiger partial charge in [0.2, 0.25) is 0 Å². The van der Waals surface area contributed by atoms with Gasteiger partial charge in [0.25, 0.3) is 0 Å². The molecule has 0 rings (SSSR count). The first-order chi connectivity index (χ1) is 15.8. The van der Waals surface area contributed by atoms with Crippen molar-refractivity contribution in [2.24, 2.45) is 0 Å². The quantitative estimate of drug-likeness (QED) is 0.0940. The maximum Gasteiger partial charge on any atom is 0.305 e. The molecule has 0 unspecified atom stereocenters. The van der Waals surface area contributed by atoms with Crippen molar-refractivity contribution in [2.75, 3.05) is 46.2 Å². The number of unbranched alkanes of at least 4 members (excludes halogenated alkanes) is 5. The van der Waals surface area contributed by atoms with Gasteiger partial charge in [0.05, 0.1) is 33.0 Å². The van der Waals surface area contributed by atoms with Gasteiger partial charge in [-0.05, 0) is 44.9 Å². The average molecular weight is 453 g/mol. The monoisotopic (exact) mass is 452 g/mol. The van der Waals surface area contributed by atoms with Gasteiger partial charge in [0, 0.05) is 13.0 Å². The summed E-state index contributed by atoms with van der Waals surface area (Å²) in [6.07, 6.45) is 24.8. The molecular formula is C27H48O5. The first-order valence-corrected chi connectivity index (χ1v) is 12.6. The highest BCUT2D eigenvalue weighted by Gasteiger charge is 2.02. The second-order valence-corrected chi connectivity index (χ2v) is 7.66. The van der Waals surface area contributed by atoms with Crippen LogP contribution in [0.4, 0.5) is 0 Å². The van der Waals surface area contributed by atoms with Crippen molar-refractivity contribution in [2.45, 2.75) is 84.5 Å². The topological polar surface area (TPSA) is 54.0 Å². The molecule has 0 saturated carbocycles. The zero-order chi connectivity index (χ0) is 23.4. The number of carbonyl (C=O) groups is 1. The van der Waals surface area contributed by atoms with E-state index in [1.54, 1.807) is 0 Å². The Morgan fingerprint density at radius 2 is 1.12 bits per heavy atom. The van der Waals surface area contributed by atoms with E-state index in [0.717, 1.165) is 51.6 Å². The Morgan fingerprint density at radius 1 is 0.594 bits per heavy atom. The minimum atomic E-state index is -0.126. The Hall–Kier alpha value is -1.43. The summed E-state index contributed by atoms with van der Waals surface area (Å²) < 4.78 is 21.3. The zero-order valence-electron chi connectivity index (χ0n) is 20.7. The fraction of sp³-hybridized carbons (Fsp3) is 0.741. The third kappa shape index (κ3) is 26.6. The average Bonchev–Trinajstić information content (AvgIpc) is 2.80. The lowest BCUT2D eigenvalue weighted by Gasteiger charge is -2.07. The smallest absolute Gasteiger partial charge is 0.305 e. The van der Waals surface area contributed by atoms with Crippen LogP contribution < -0.4 is 0 Å². The van der Waals surface area contributed by atoms with E-state index in [1.165, 1.54) is 19.3 Å². The molecule has 0 fully saturated rings. The first kappa shape index (κ1) is 30.6. The highest BCUT2D eigenvalue weighted by Crippen LogP contribution is 2.08. The van der Waals surface area contributed by atoms with Gasteiger partial charge in [-0.3, -0.25) is 4.79 Å². The Bertz CT molecular complexity index is 471. The minimum absolute atomic E-state index is 0.126. The Balaban J connectivity index is 3.26. The summed E-state index contributed by atoms with van der Waals surface area (Å²) in [5.74, 6) is -0.126. The summed E-state index contributed by atoms with van der Waals surface area (Å²) in [4.78, 5) is 11.7. The first-order valence-electron chi connectivity index (χ1n) is 12.6. The van der Waals surface area contributed by atoms with Crippen molar-refractivity contribution in [3.8, 4) is 0 Å². The predicted molar refractivity (Wildman–Crippen MR) is 133 cm³/mol. The van der Waals surface area contributed by atoms with Gasteiger partial charge in [-0.15, -0.1) is 0 Å². The molecule has 0 spiro atoms. The predicted octanol–water partition coefficient (Wildman–Crippen LogP) is 6.58. The van der Waals surface area contributed by atoms with E-state index in [4.69, 9.17) is 18.9 Å². The summed E-state index contributed by atoms with van der Waals surface area (Å²) in [5.41, 5.74) is 0. The number of hydrogen-bond acceptors (Lipinski definition) is 5. The van der Waals surface area contributed by atoms with Crippen LogP contribution in [0.5, 0.6) is 0 Å². The number of carbonyl (C=O) groups excluding carboxylic acids is 1. The van der Waals surface area contributed by atoms with E-state index in [9.17, 15) is 4.79 Å². The van der Waals surface area contributed by atoms with E-state index in [0.29, 0.717) is 46.1 Å². The van der Waals surface area contributed by atoms with Gasteiger partial charge in [0.15, 0.2) is 0 Å². The van der Waals surface area contributed by atoms with Crippen molar-refractivity contribution in [1.29, 1.82) is 0 Å². The fourth-order valence-corrected chi connectivity index (χ4v) is 2.86. The molecule has 0 aliphatic carbocycles. The van der Waals surface area contributed by atoms with Crippen LogP contribution in [-0.2, 0) is 23.7 Å². The van der Waals surface area contributed by atoms with Crippen molar-refractivity contribution in [3.63, 3.8) is 0 Å². The molecule has 0 N–H and O–H groups in total. The highest BCUT2D eigenvalue weighted by molar-refractivity contribution is 5.69. The maximum absolute atomic E-state index is 11.7. The third-order valence-electron chi connectivity index (χ3n) is 4.61. The Kier molecular flexibility index (Phi) is 26.4. The molecule has 0 amide bonds. The molecular weight excluding hydrogens is 404 g/mol.